The predicted octanol–water partition coefficient (Wildman–Crippen LogP) is 2.52. The van der Waals surface area contributed by atoms with E-state index >= 15 is 0 Å². The molecule has 0 bridgehead atoms. The Morgan fingerprint density at radius 3 is 2.71 bits per heavy atom. The lowest BCUT2D eigenvalue weighted by Gasteiger charge is -2.33. The molecule has 1 aliphatic rings. The predicted molar refractivity (Wildman–Crippen MR) is 81.2 cm³/mol. The molecule has 1 aromatic rings. The highest BCUT2D eigenvalue weighted by Crippen LogP contribution is 2.22. The standard InChI is InChI=1S/C16H22N2O3/c1-3-21-16(20)18-11-7-8-13(12-18)15(19)17(2)14-9-5-4-6-10-14/h4-6,9-10,13H,3,7-8,11-12H2,1-2H3. The van der Waals surface area contributed by atoms with Crippen LogP contribution in [0.25, 0.3) is 0 Å². The molecule has 1 aliphatic heterocycles. The number of amides is 2. The summed E-state index contributed by atoms with van der Waals surface area (Å²) in [5.41, 5.74) is 0.871. The SMILES string of the molecule is CCOC(=O)N1CCCC(C(=O)N(C)c2ccccc2)C1. The zero-order valence-electron chi connectivity index (χ0n) is 12.6. The highest BCUT2D eigenvalue weighted by Gasteiger charge is 2.31. The van der Waals surface area contributed by atoms with Crippen LogP contribution in [0, 0.1) is 5.92 Å². The maximum absolute atomic E-state index is 12.6. The van der Waals surface area contributed by atoms with Crippen molar-refractivity contribution < 1.29 is 14.3 Å². The minimum absolute atomic E-state index is 0.0511. The fourth-order valence-electron chi connectivity index (χ4n) is 2.61. The minimum atomic E-state index is -0.322. The molecule has 0 N–H and O–H groups in total. The van der Waals surface area contributed by atoms with Gasteiger partial charge >= 0.3 is 6.09 Å². The normalized spacial score (nSPS) is 18.2. The van der Waals surface area contributed by atoms with Crippen molar-refractivity contribution in [3.05, 3.63) is 30.3 Å². The minimum Gasteiger partial charge on any atom is -0.450 e. The van der Waals surface area contributed by atoms with Gasteiger partial charge in [0.15, 0.2) is 0 Å². The zero-order valence-corrected chi connectivity index (χ0v) is 12.6. The Kier molecular flexibility index (Phi) is 5.20. The van der Waals surface area contributed by atoms with Crippen LogP contribution < -0.4 is 4.90 Å². The molecule has 1 fully saturated rings. The number of benzene rings is 1. The van der Waals surface area contributed by atoms with Gasteiger partial charge in [-0.05, 0) is 31.9 Å². The Morgan fingerprint density at radius 2 is 2.05 bits per heavy atom. The van der Waals surface area contributed by atoms with E-state index in [9.17, 15) is 9.59 Å². The molecule has 0 saturated carbocycles. The summed E-state index contributed by atoms with van der Waals surface area (Å²) in [6.45, 7) is 3.25. The summed E-state index contributed by atoms with van der Waals surface area (Å²) in [6, 6.07) is 9.55. The van der Waals surface area contributed by atoms with Crippen LogP contribution in [0.4, 0.5) is 10.5 Å². The molecule has 5 heteroatoms. The molecule has 1 saturated heterocycles. The van der Waals surface area contributed by atoms with Crippen molar-refractivity contribution in [3.8, 4) is 0 Å². The molecule has 1 unspecified atom stereocenters. The second kappa shape index (κ2) is 7.11. The van der Waals surface area contributed by atoms with Crippen LogP contribution >= 0.6 is 0 Å². The highest BCUT2D eigenvalue weighted by atomic mass is 16.6. The van der Waals surface area contributed by atoms with E-state index in [1.54, 1.807) is 23.8 Å². The van der Waals surface area contributed by atoms with E-state index in [-0.39, 0.29) is 17.9 Å². The third-order valence-electron chi connectivity index (χ3n) is 3.77. The lowest BCUT2D eigenvalue weighted by molar-refractivity contribution is -0.123. The van der Waals surface area contributed by atoms with Crippen LogP contribution in [-0.4, -0.2) is 43.6 Å². The van der Waals surface area contributed by atoms with E-state index in [4.69, 9.17) is 4.74 Å². The molecule has 0 spiro atoms. The third kappa shape index (κ3) is 3.74. The van der Waals surface area contributed by atoms with Crippen molar-refractivity contribution in [2.75, 3.05) is 31.6 Å². The number of piperidine rings is 1. The Hall–Kier alpha value is -2.04. The van der Waals surface area contributed by atoms with Crippen molar-refractivity contribution in [2.45, 2.75) is 19.8 Å². The second-order valence-electron chi connectivity index (χ2n) is 5.22. The highest BCUT2D eigenvalue weighted by molar-refractivity contribution is 5.94. The fourth-order valence-corrected chi connectivity index (χ4v) is 2.61. The van der Waals surface area contributed by atoms with Crippen molar-refractivity contribution in [1.29, 1.82) is 0 Å². The van der Waals surface area contributed by atoms with Gasteiger partial charge in [-0.25, -0.2) is 4.79 Å². The number of hydrogen-bond donors (Lipinski definition) is 0. The largest absolute Gasteiger partial charge is 0.450 e. The Bertz CT molecular complexity index is 490. The molecule has 1 atom stereocenters. The second-order valence-corrected chi connectivity index (χ2v) is 5.22. The number of hydrogen-bond acceptors (Lipinski definition) is 3. The van der Waals surface area contributed by atoms with Gasteiger partial charge in [-0.3, -0.25) is 4.79 Å². The Morgan fingerprint density at radius 1 is 1.33 bits per heavy atom. The molecular formula is C16H22N2O3. The van der Waals surface area contributed by atoms with Crippen LogP contribution in [0.3, 0.4) is 0 Å². The van der Waals surface area contributed by atoms with Crippen LogP contribution in [0.1, 0.15) is 19.8 Å². The third-order valence-corrected chi connectivity index (χ3v) is 3.77. The van der Waals surface area contributed by atoms with Gasteiger partial charge in [0.1, 0.15) is 0 Å². The summed E-state index contributed by atoms with van der Waals surface area (Å²) in [5.74, 6) is -0.108. The number of anilines is 1. The van der Waals surface area contributed by atoms with Gasteiger partial charge in [-0.1, -0.05) is 18.2 Å². The number of rotatable bonds is 3. The Labute approximate surface area is 125 Å². The molecule has 0 radical (unpaired) electrons. The quantitative estimate of drug-likeness (QED) is 0.859. The average molecular weight is 290 g/mol. The summed E-state index contributed by atoms with van der Waals surface area (Å²) in [7, 11) is 1.78. The van der Waals surface area contributed by atoms with Gasteiger partial charge in [-0.2, -0.15) is 0 Å². The number of carbonyl (C=O) groups excluding carboxylic acids is 2. The topological polar surface area (TPSA) is 49.9 Å². The molecule has 2 amide bonds. The van der Waals surface area contributed by atoms with E-state index in [0.717, 1.165) is 18.5 Å². The van der Waals surface area contributed by atoms with E-state index in [1.807, 2.05) is 30.3 Å². The molecule has 2 rings (SSSR count). The maximum Gasteiger partial charge on any atom is 0.409 e. The maximum atomic E-state index is 12.6. The number of nitrogens with zero attached hydrogens (tertiary/aromatic N) is 2. The average Bonchev–Trinajstić information content (AvgIpc) is 2.54. The van der Waals surface area contributed by atoms with Crippen LogP contribution in [-0.2, 0) is 9.53 Å². The van der Waals surface area contributed by atoms with Gasteiger partial charge in [0, 0.05) is 25.8 Å². The van der Waals surface area contributed by atoms with E-state index in [1.165, 1.54) is 0 Å². The van der Waals surface area contributed by atoms with Crippen LogP contribution in [0.15, 0.2) is 30.3 Å². The summed E-state index contributed by atoms with van der Waals surface area (Å²) < 4.78 is 5.02. The first kappa shape index (κ1) is 15.4. The lowest BCUT2D eigenvalue weighted by Crippen LogP contribution is -2.46. The van der Waals surface area contributed by atoms with Crippen molar-refractivity contribution in [2.24, 2.45) is 5.92 Å². The summed E-state index contributed by atoms with van der Waals surface area (Å²) >= 11 is 0. The first-order valence-corrected chi connectivity index (χ1v) is 7.37. The Balaban J connectivity index is 2.00. The van der Waals surface area contributed by atoms with Gasteiger partial charge in [0.05, 0.1) is 12.5 Å². The van der Waals surface area contributed by atoms with Crippen LogP contribution in [0.2, 0.25) is 0 Å². The molecular weight excluding hydrogens is 268 g/mol. The number of ether oxygens (including phenoxy) is 1. The summed E-state index contributed by atoms with van der Waals surface area (Å²) in [5, 5.41) is 0. The first-order valence-electron chi connectivity index (χ1n) is 7.37. The molecule has 114 valence electrons. The molecule has 5 nitrogen and oxygen atoms in total. The fraction of sp³-hybridized carbons (Fsp3) is 0.500. The van der Waals surface area contributed by atoms with Gasteiger partial charge in [-0.15, -0.1) is 0 Å². The van der Waals surface area contributed by atoms with E-state index < -0.39 is 0 Å². The smallest absolute Gasteiger partial charge is 0.409 e. The molecule has 1 aromatic carbocycles. The number of para-hydroxylation sites is 1. The van der Waals surface area contributed by atoms with Crippen LogP contribution in [0.5, 0.6) is 0 Å². The van der Waals surface area contributed by atoms with E-state index in [2.05, 4.69) is 0 Å². The zero-order chi connectivity index (χ0) is 15.2. The number of likely N-dealkylation sites (tertiary alicyclic amines) is 1. The number of carbonyl (C=O) groups is 2. The molecule has 21 heavy (non-hydrogen) atoms. The van der Waals surface area contributed by atoms with Crippen molar-refractivity contribution in [3.63, 3.8) is 0 Å². The molecule has 0 aromatic heterocycles. The molecule has 0 aliphatic carbocycles. The summed E-state index contributed by atoms with van der Waals surface area (Å²) in [6.07, 6.45) is 1.32. The summed E-state index contributed by atoms with van der Waals surface area (Å²) in [4.78, 5) is 27.7. The van der Waals surface area contributed by atoms with Crippen molar-refractivity contribution in [1.82, 2.24) is 4.90 Å². The van der Waals surface area contributed by atoms with Crippen molar-refractivity contribution >= 4 is 17.7 Å². The molecule has 1 heterocycles. The lowest BCUT2D eigenvalue weighted by atomic mass is 9.96. The monoisotopic (exact) mass is 290 g/mol. The van der Waals surface area contributed by atoms with Gasteiger partial charge < -0.3 is 14.5 Å². The van der Waals surface area contributed by atoms with E-state index in [0.29, 0.717) is 19.7 Å². The first-order chi connectivity index (χ1) is 10.1. The van der Waals surface area contributed by atoms with Gasteiger partial charge in [0.2, 0.25) is 5.91 Å². The van der Waals surface area contributed by atoms with Gasteiger partial charge in [0.25, 0.3) is 0 Å².